The van der Waals surface area contributed by atoms with Gasteiger partial charge in [-0.05, 0) is 5.56 Å². The number of esters is 1. The molecule has 1 atom stereocenters. The molecule has 2 N–H and O–H groups in total. The van der Waals surface area contributed by atoms with Gasteiger partial charge < -0.3 is 15.2 Å². The van der Waals surface area contributed by atoms with E-state index < -0.39 is 12.0 Å². The molecule has 0 aliphatic heterocycles. The lowest BCUT2D eigenvalue weighted by atomic mass is 10.1. The number of carboxylic acid groups (broad SMARTS) is 1. The number of aliphatic carboxylic acids is 1. The molecule has 5 nitrogen and oxygen atoms in total. The molecule has 1 unspecified atom stereocenters. The number of nitrogens with one attached hydrogen (secondary N) is 1. The van der Waals surface area contributed by atoms with Crippen LogP contribution in [0.15, 0.2) is 30.3 Å². The van der Waals surface area contributed by atoms with Crippen molar-refractivity contribution in [2.45, 2.75) is 12.5 Å². The number of rotatable bonds is 6. The van der Waals surface area contributed by atoms with Crippen molar-refractivity contribution >= 4 is 11.9 Å². The fourth-order valence-electron chi connectivity index (χ4n) is 1.41. The van der Waals surface area contributed by atoms with Crippen molar-refractivity contribution in [2.75, 3.05) is 13.7 Å². The quantitative estimate of drug-likeness (QED) is 0.721. The van der Waals surface area contributed by atoms with E-state index in [9.17, 15) is 9.59 Å². The van der Waals surface area contributed by atoms with Crippen LogP contribution in [0.25, 0.3) is 0 Å². The average molecular weight is 237 g/mol. The second-order valence-electron chi connectivity index (χ2n) is 3.46. The van der Waals surface area contributed by atoms with Crippen LogP contribution in [0.4, 0.5) is 0 Å². The molecule has 0 saturated heterocycles. The Morgan fingerprint density at radius 2 is 2.00 bits per heavy atom. The number of ether oxygens (including phenoxy) is 1. The summed E-state index contributed by atoms with van der Waals surface area (Å²) in [5.74, 6) is -1.34. The molecule has 5 heteroatoms. The molecule has 1 rings (SSSR count). The van der Waals surface area contributed by atoms with Crippen LogP contribution >= 0.6 is 0 Å². The Labute approximate surface area is 99.4 Å². The first-order chi connectivity index (χ1) is 8.15. The maximum atomic E-state index is 11.1. The molecule has 0 fully saturated rings. The number of hydrogen-bond acceptors (Lipinski definition) is 4. The van der Waals surface area contributed by atoms with Crippen molar-refractivity contribution in [2.24, 2.45) is 0 Å². The summed E-state index contributed by atoms with van der Waals surface area (Å²) in [5.41, 5.74) is 0.657. The lowest BCUT2D eigenvalue weighted by molar-refractivity contribution is -0.142. The van der Waals surface area contributed by atoms with Gasteiger partial charge in [0.2, 0.25) is 0 Å². The number of carbonyl (C=O) groups is 2. The monoisotopic (exact) mass is 237 g/mol. The van der Waals surface area contributed by atoms with Crippen LogP contribution in [-0.4, -0.2) is 30.7 Å². The van der Waals surface area contributed by atoms with Gasteiger partial charge >= 0.3 is 11.9 Å². The van der Waals surface area contributed by atoms with Gasteiger partial charge in [0, 0.05) is 6.54 Å². The standard InChI is InChI=1S/C12H15NO4/c1-17-10(14)7-8-13-11(12(15)16)9-5-3-2-4-6-9/h2-6,11,13H,7-8H2,1H3,(H,15,16). The summed E-state index contributed by atoms with van der Waals surface area (Å²) in [6, 6.07) is 8.01. The molecule has 0 spiro atoms. The first-order valence-corrected chi connectivity index (χ1v) is 5.23. The van der Waals surface area contributed by atoms with Crippen LogP contribution in [0.3, 0.4) is 0 Å². The molecular formula is C12H15NO4. The predicted octanol–water partition coefficient (Wildman–Crippen LogP) is 0.965. The zero-order chi connectivity index (χ0) is 12.7. The highest BCUT2D eigenvalue weighted by Crippen LogP contribution is 2.12. The molecule has 92 valence electrons. The fourth-order valence-corrected chi connectivity index (χ4v) is 1.41. The number of carboxylic acids is 1. The summed E-state index contributed by atoms with van der Waals surface area (Å²) < 4.78 is 4.47. The Morgan fingerprint density at radius 3 is 2.53 bits per heavy atom. The van der Waals surface area contributed by atoms with E-state index >= 15 is 0 Å². The van der Waals surface area contributed by atoms with Gasteiger partial charge in [-0.15, -0.1) is 0 Å². The molecule has 1 aromatic rings. The highest BCUT2D eigenvalue weighted by molar-refractivity contribution is 5.75. The SMILES string of the molecule is COC(=O)CCNC(C(=O)O)c1ccccc1. The van der Waals surface area contributed by atoms with Gasteiger partial charge in [-0.25, -0.2) is 0 Å². The van der Waals surface area contributed by atoms with E-state index in [0.29, 0.717) is 5.56 Å². The largest absolute Gasteiger partial charge is 0.480 e. The molecule has 0 amide bonds. The van der Waals surface area contributed by atoms with E-state index in [2.05, 4.69) is 10.1 Å². The molecule has 0 aliphatic rings. The highest BCUT2D eigenvalue weighted by atomic mass is 16.5. The van der Waals surface area contributed by atoms with Crippen molar-refractivity contribution < 1.29 is 19.4 Å². The van der Waals surface area contributed by atoms with Gasteiger partial charge in [0.05, 0.1) is 13.5 Å². The third-order valence-electron chi connectivity index (χ3n) is 2.29. The maximum absolute atomic E-state index is 11.1. The minimum atomic E-state index is -0.971. The molecule has 0 heterocycles. The van der Waals surface area contributed by atoms with Gasteiger partial charge in [-0.2, -0.15) is 0 Å². The minimum Gasteiger partial charge on any atom is -0.480 e. The molecule has 0 aromatic heterocycles. The summed E-state index contributed by atoms with van der Waals surface area (Å²) in [6.07, 6.45) is 0.146. The van der Waals surface area contributed by atoms with E-state index in [1.54, 1.807) is 24.3 Å². The second kappa shape index (κ2) is 6.65. The van der Waals surface area contributed by atoms with E-state index in [-0.39, 0.29) is 18.9 Å². The first-order valence-electron chi connectivity index (χ1n) is 5.23. The van der Waals surface area contributed by atoms with Crippen LogP contribution in [0.5, 0.6) is 0 Å². The van der Waals surface area contributed by atoms with Gasteiger partial charge in [0.25, 0.3) is 0 Å². The Kier molecular flexibility index (Phi) is 5.16. The third kappa shape index (κ3) is 4.24. The minimum absolute atomic E-state index is 0.146. The Bertz CT molecular complexity index is 377. The number of carbonyl (C=O) groups excluding carboxylic acids is 1. The van der Waals surface area contributed by atoms with Crippen molar-refractivity contribution in [1.82, 2.24) is 5.32 Å². The maximum Gasteiger partial charge on any atom is 0.325 e. The normalized spacial score (nSPS) is 11.8. The molecular weight excluding hydrogens is 222 g/mol. The lowest BCUT2D eigenvalue weighted by Crippen LogP contribution is -2.30. The van der Waals surface area contributed by atoms with Crippen molar-refractivity contribution in [3.63, 3.8) is 0 Å². The molecule has 0 aliphatic carbocycles. The molecule has 17 heavy (non-hydrogen) atoms. The molecule has 0 bridgehead atoms. The Morgan fingerprint density at radius 1 is 1.35 bits per heavy atom. The van der Waals surface area contributed by atoms with Gasteiger partial charge in [-0.1, -0.05) is 30.3 Å². The van der Waals surface area contributed by atoms with E-state index in [0.717, 1.165) is 0 Å². The van der Waals surface area contributed by atoms with E-state index in [4.69, 9.17) is 5.11 Å². The molecule has 1 aromatic carbocycles. The van der Waals surface area contributed by atoms with Gasteiger partial charge in [0.15, 0.2) is 0 Å². The van der Waals surface area contributed by atoms with Crippen LogP contribution in [0.2, 0.25) is 0 Å². The smallest absolute Gasteiger partial charge is 0.325 e. The predicted molar refractivity (Wildman–Crippen MR) is 61.5 cm³/mol. The average Bonchev–Trinajstić information content (AvgIpc) is 2.34. The lowest BCUT2D eigenvalue weighted by Gasteiger charge is -2.14. The Balaban J connectivity index is 2.56. The molecule has 0 saturated carbocycles. The summed E-state index contributed by atoms with van der Waals surface area (Å²) in [5, 5.41) is 11.9. The number of methoxy groups -OCH3 is 1. The van der Waals surface area contributed by atoms with Crippen LogP contribution in [0.1, 0.15) is 18.0 Å². The fraction of sp³-hybridized carbons (Fsp3) is 0.333. The summed E-state index contributed by atoms with van der Waals surface area (Å²) in [7, 11) is 1.30. The van der Waals surface area contributed by atoms with Crippen LogP contribution in [-0.2, 0) is 14.3 Å². The van der Waals surface area contributed by atoms with Gasteiger partial charge in [-0.3, -0.25) is 9.59 Å². The Hall–Kier alpha value is -1.88. The van der Waals surface area contributed by atoms with Crippen molar-refractivity contribution in [3.8, 4) is 0 Å². The zero-order valence-corrected chi connectivity index (χ0v) is 9.55. The van der Waals surface area contributed by atoms with Crippen LogP contribution in [0, 0.1) is 0 Å². The summed E-state index contributed by atoms with van der Waals surface area (Å²) in [6.45, 7) is 0.262. The van der Waals surface area contributed by atoms with E-state index in [1.807, 2.05) is 6.07 Å². The first kappa shape index (κ1) is 13.2. The highest BCUT2D eigenvalue weighted by Gasteiger charge is 2.18. The zero-order valence-electron chi connectivity index (χ0n) is 9.55. The van der Waals surface area contributed by atoms with E-state index in [1.165, 1.54) is 7.11 Å². The molecule has 0 radical (unpaired) electrons. The van der Waals surface area contributed by atoms with Crippen LogP contribution < -0.4 is 5.32 Å². The van der Waals surface area contributed by atoms with Gasteiger partial charge in [0.1, 0.15) is 6.04 Å². The third-order valence-corrected chi connectivity index (χ3v) is 2.29. The van der Waals surface area contributed by atoms with Crippen molar-refractivity contribution in [1.29, 1.82) is 0 Å². The summed E-state index contributed by atoms with van der Waals surface area (Å²) >= 11 is 0. The second-order valence-corrected chi connectivity index (χ2v) is 3.46. The number of benzene rings is 1. The van der Waals surface area contributed by atoms with Crippen molar-refractivity contribution in [3.05, 3.63) is 35.9 Å². The summed E-state index contributed by atoms with van der Waals surface area (Å²) in [4.78, 5) is 22.0. The topological polar surface area (TPSA) is 75.6 Å². The number of hydrogen-bond donors (Lipinski definition) is 2.